The molecule has 2 fully saturated rings. The number of nitrogens with zero attached hydrogens (tertiary/aromatic N) is 2. The average Bonchev–Trinajstić information content (AvgIpc) is 2.45. The molecule has 2 aliphatic heterocycles. The Kier molecular flexibility index (Phi) is 5.84. The maximum absolute atomic E-state index is 12.4. The van der Waals surface area contributed by atoms with Crippen LogP contribution >= 0.6 is 0 Å². The van der Waals surface area contributed by atoms with Gasteiger partial charge < -0.3 is 9.47 Å². The van der Waals surface area contributed by atoms with Crippen molar-refractivity contribution in [1.82, 2.24) is 13.9 Å². The maximum Gasteiger partial charge on any atom is 0.279 e. The average molecular weight is 335 g/mol. The first-order valence-electron chi connectivity index (χ1n) is 7.94. The second-order valence-electron chi connectivity index (χ2n) is 6.81. The molecular formula is C14H29N3O4S. The van der Waals surface area contributed by atoms with Crippen LogP contribution in [0.4, 0.5) is 0 Å². The molecule has 7 nitrogen and oxygen atoms in total. The summed E-state index contributed by atoms with van der Waals surface area (Å²) < 4.78 is 39.9. The van der Waals surface area contributed by atoms with Crippen molar-refractivity contribution in [1.29, 1.82) is 0 Å². The molecule has 0 aliphatic carbocycles. The van der Waals surface area contributed by atoms with Gasteiger partial charge in [-0.3, -0.25) is 4.90 Å². The fourth-order valence-corrected chi connectivity index (χ4v) is 4.28. The lowest BCUT2D eigenvalue weighted by molar-refractivity contribution is -0.0945. The minimum Gasteiger partial charge on any atom is -0.379 e. The van der Waals surface area contributed by atoms with Gasteiger partial charge in [0.1, 0.15) is 0 Å². The van der Waals surface area contributed by atoms with E-state index in [1.54, 1.807) is 0 Å². The van der Waals surface area contributed by atoms with E-state index in [-0.39, 0.29) is 17.7 Å². The van der Waals surface area contributed by atoms with Gasteiger partial charge in [-0.25, -0.2) is 4.72 Å². The van der Waals surface area contributed by atoms with Gasteiger partial charge in [0.05, 0.1) is 25.4 Å². The summed E-state index contributed by atoms with van der Waals surface area (Å²) in [5.74, 6) is 0. The van der Waals surface area contributed by atoms with E-state index in [0.717, 1.165) is 13.1 Å². The number of hydrogen-bond donors (Lipinski definition) is 1. The Labute approximate surface area is 134 Å². The van der Waals surface area contributed by atoms with Crippen LogP contribution in [0, 0.1) is 0 Å². The third kappa shape index (κ3) is 4.62. The van der Waals surface area contributed by atoms with Crippen LogP contribution in [-0.2, 0) is 19.7 Å². The second-order valence-corrected chi connectivity index (χ2v) is 8.57. The van der Waals surface area contributed by atoms with Gasteiger partial charge in [0.25, 0.3) is 10.2 Å². The lowest BCUT2D eigenvalue weighted by Gasteiger charge is -2.45. The molecule has 2 atom stereocenters. The van der Waals surface area contributed by atoms with Gasteiger partial charge in [0.2, 0.25) is 0 Å². The summed E-state index contributed by atoms with van der Waals surface area (Å²) in [5, 5.41) is 0. The molecule has 0 saturated carbocycles. The first kappa shape index (κ1) is 18.1. The Morgan fingerprint density at radius 3 is 2.23 bits per heavy atom. The quantitative estimate of drug-likeness (QED) is 0.768. The molecule has 2 rings (SSSR count). The van der Waals surface area contributed by atoms with Crippen LogP contribution in [0.5, 0.6) is 0 Å². The molecule has 0 spiro atoms. The van der Waals surface area contributed by atoms with E-state index in [4.69, 9.17) is 9.47 Å². The Balaban J connectivity index is 1.93. The summed E-state index contributed by atoms with van der Waals surface area (Å²) in [6.45, 7) is 12.0. The van der Waals surface area contributed by atoms with E-state index in [9.17, 15) is 8.42 Å². The van der Waals surface area contributed by atoms with Crippen molar-refractivity contribution in [3.05, 3.63) is 0 Å². The van der Waals surface area contributed by atoms with E-state index in [1.807, 2.05) is 0 Å². The molecule has 2 saturated heterocycles. The van der Waals surface area contributed by atoms with Crippen LogP contribution in [0.1, 0.15) is 27.7 Å². The summed E-state index contributed by atoms with van der Waals surface area (Å²) in [6, 6.07) is 0. The molecule has 0 aromatic rings. The van der Waals surface area contributed by atoms with Crippen LogP contribution in [0.15, 0.2) is 0 Å². The number of morpholine rings is 2. The topological polar surface area (TPSA) is 71.1 Å². The van der Waals surface area contributed by atoms with Crippen molar-refractivity contribution < 1.29 is 17.9 Å². The molecule has 0 bridgehead atoms. The van der Waals surface area contributed by atoms with E-state index in [2.05, 4.69) is 37.3 Å². The fraction of sp³-hybridized carbons (Fsp3) is 1.00. The highest BCUT2D eigenvalue weighted by Crippen LogP contribution is 2.21. The van der Waals surface area contributed by atoms with Gasteiger partial charge >= 0.3 is 0 Å². The molecule has 2 aliphatic rings. The Bertz CT molecular complexity index is 453. The minimum absolute atomic E-state index is 0.166. The predicted molar refractivity (Wildman–Crippen MR) is 85.0 cm³/mol. The Morgan fingerprint density at radius 2 is 1.68 bits per heavy atom. The summed E-state index contributed by atoms with van der Waals surface area (Å²) >= 11 is 0. The van der Waals surface area contributed by atoms with Gasteiger partial charge in [0, 0.05) is 38.3 Å². The zero-order valence-electron chi connectivity index (χ0n) is 14.0. The van der Waals surface area contributed by atoms with Crippen molar-refractivity contribution in [2.45, 2.75) is 45.4 Å². The second kappa shape index (κ2) is 7.11. The molecule has 0 radical (unpaired) electrons. The lowest BCUT2D eigenvalue weighted by Crippen LogP contribution is -2.59. The zero-order valence-corrected chi connectivity index (χ0v) is 14.9. The van der Waals surface area contributed by atoms with Crippen LogP contribution in [-0.4, -0.2) is 81.3 Å². The molecule has 0 aromatic heterocycles. The fourth-order valence-electron chi connectivity index (χ4n) is 2.93. The molecule has 8 heteroatoms. The molecule has 2 unspecified atom stereocenters. The molecule has 0 amide bonds. The van der Waals surface area contributed by atoms with Crippen molar-refractivity contribution >= 4 is 10.2 Å². The number of nitrogens with one attached hydrogen (secondary N) is 1. The highest BCUT2D eigenvalue weighted by molar-refractivity contribution is 7.87. The normalized spacial score (nSPS) is 29.6. The molecular weight excluding hydrogens is 306 g/mol. The SMILES string of the molecule is CC1CN(C(C)(C)CNS(=O)(=O)N2CCOCC2)CC(C)O1. The smallest absolute Gasteiger partial charge is 0.279 e. The van der Waals surface area contributed by atoms with Crippen LogP contribution in [0.25, 0.3) is 0 Å². The number of rotatable bonds is 5. The summed E-state index contributed by atoms with van der Waals surface area (Å²) in [4.78, 5) is 2.30. The largest absolute Gasteiger partial charge is 0.379 e. The highest BCUT2D eigenvalue weighted by atomic mass is 32.2. The molecule has 130 valence electrons. The standard InChI is InChI=1S/C14H29N3O4S/c1-12-9-16(10-13(2)21-12)14(3,4)11-15-22(18,19)17-5-7-20-8-6-17/h12-13,15H,5-11H2,1-4H3. The summed E-state index contributed by atoms with van der Waals surface area (Å²) in [5.41, 5.74) is -0.258. The summed E-state index contributed by atoms with van der Waals surface area (Å²) in [6.07, 6.45) is 0.331. The van der Waals surface area contributed by atoms with Gasteiger partial charge in [-0.15, -0.1) is 0 Å². The number of hydrogen-bond acceptors (Lipinski definition) is 5. The van der Waals surface area contributed by atoms with E-state index >= 15 is 0 Å². The van der Waals surface area contributed by atoms with E-state index < -0.39 is 10.2 Å². The van der Waals surface area contributed by atoms with Gasteiger partial charge in [-0.05, 0) is 27.7 Å². The molecule has 1 N–H and O–H groups in total. The first-order valence-corrected chi connectivity index (χ1v) is 9.38. The third-order valence-electron chi connectivity index (χ3n) is 4.27. The van der Waals surface area contributed by atoms with E-state index in [0.29, 0.717) is 32.8 Å². The molecule has 0 aromatic carbocycles. The van der Waals surface area contributed by atoms with Crippen molar-refractivity contribution in [3.63, 3.8) is 0 Å². The van der Waals surface area contributed by atoms with Gasteiger partial charge in [-0.1, -0.05) is 0 Å². The van der Waals surface area contributed by atoms with Crippen molar-refractivity contribution in [2.24, 2.45) is 0 Å². The number of ether oxygens (including phenoxy) is 2. The van der Waals surface area contributed by atoms with Crippen LogP contribution in [0.3, 0.4) is 0 Å². The lowest BCUT2D eigenvalue weighted by atomic mass is 10.0. The highest BCUT2D eigenvalue weighted by Gasteiger charge is 2.35. The van der Waals surface area contributed by atoms with Crippen LogP contribution in [0.2, 0.25) is 0 Å². The Morgan fingerprint density at radius 1 is 1.14 bits per heavy atom. The Hall–Kier alpha value is -0.250. The summed E-state index contributed by atoms with van der Waals surface area (Å²) in [7, 11) is -3.44. The molecule has 22 heavy (non-hydrogen) atoms. The van der Waals surface area contributed by atoms with Crippen molar-refractivity contribution in [2.75, 3.05) is 45.9 Å². The van der Waals surface area contributed by atoms with Crippen molar-refractivity contribution in [3.8, 4) is 0 Å². The first-order chi connectivity index (χ1) is 10.2. The minimum atomic E-state index is -3.44. The maximum atomic E-state index is 12.4. The van der Waals surface area contributed by atoms with Crippen LogP contribution < -0.4 is 4.72 Å². The molecule has 2 heterocycles. The van der Waals surface area contributed by atoms with Gasteiger partial charge in [0.15, 0.2) is 0 Å². The van der Waals surface area contributed by atoms with Gasteiger partial charge in [-0.2, -0.15) is 12.7 Å². The third-order valence-corrected chi connectivity index (χ3v) is 5.83. The zero-order chi connectivity index (χ0) is 16.4. The predicted octanol–water partition coefficient (Wildman–Crippen LogP) is 0.0408. The monoisotopic (exact) mass is 335 g/mol. The van der Waals surface area contributed by atoms with E-state index in [1.165, 1.54) is 4.31 Å².